The molecule has 0 saturated carbocycles. The first kappa shape index (κ1) is 27.3. The molecule has 7 N–H and O–H groups in total. The molecule has 0 radical (unpaired) electrons. The van der Waals surface area contributed by atoms with Crippen molar-refractivity contribution < 1.29 is 29.1 Å². The lowest BCUT2D eigenvalue weighted by Crippen LogP contribution is -2.59. The third-order valence-corrected chi connectivity index (χ3v) is 5.88. The summed E-state index contributed by atoms with van der Waals surface area (Å²) >= 11 is 0. The van der Waals surface area contributed by atoms with Gasteiger partial charge in [0.15, 0.2) is 0 Å². The van der Waals surface area contributed by atoms with Crippen molar-refractivity contribution in [2.75, 3.05) is 6.54 Å². The molecule has 32 heavy (non-hydrogen) atoms. The second-order valence-electron chi connectivity index (χ2n) is 8.74. The quantitative estimate of drug-likeness (QED) is 0.258. The van der Waals surface area contributed by atoms with Crippen molar-refractivity contribution in [1.29, 1.82) is 0 Å². The highest BCUT2D eigenvalue weighted by atomic mass is 16.4. The molecule has 1 aliphatic rings. The summed E-state index contributed by atoms with van der Waals surface area (Å²) < 4.78 is 0. The molecule has 0 aromatic rings. The molecule has 1 aliphatic heterocycles. The highest BCUT2D eigenvalue weighted by Crippen LogP contribution is 2.21. The van der Waals surface area contributed by atoms with Gasteiger partial charge in [0.1, 0.15) is 18.1 Å². The first-order valence-electron chi connectivity index (χ1n) is 11.1. The van der Waals surface area contributed by atoms with Gasteiger partial charge in [-0.25, -0.2) is 4.79 Å². The Bertz CT molecular complexity index is 713. The third-order valence-electron chi connectivity index (χ3n) is 5.88. The van der Waals surface area contributed by atoms with Crippen molar-refractivity contribution in [3.05, 3.63) is 0 Å². The molecule has 11 heteroatoms. The van der Waals surface area contributed by atoms with Crippen molar-refractivity contribution in [2.45, 2.75) is 84.0 Å². The summed E-state index contributed by atoms with van der Waals surface area (Å²) in [6.07, 6.45) is 1.52. The van der Waals surface area contributed by atoms with E-state index in [2.05, 4.69) is 10.6 Å². The zero-order valence-electron chi connectivity index (χ0n) is 19.3. The number of hydrogen-bond donors (Lipinski definition) is 5. The van der Waals surface area contributed by atoms with Crippen molar-refractivity contribution in [2.24, 2.45) is 23.3 Å². The maximum Gasteiger partial charge on any atom is 0.326 e. The van der Waals surface area contributed by atoms with E-state index >= 15 is 0 Å². The third kappa shape index (κ3) is 7.47. The van der Waals surface area contributed by atoms with Gasteiger partial charge in [-0.15, -0.1) is 0 Å². The second-order valence-corrected chi connectivity index (χ2v) is 8.74. The highest BCUT2D eigenvalue weighted by molar-refractivity contribution is 5.94. The van der Waals surface area contributed by atoms with Gasteiger partial charge in [0, 0.05) is 13.0 Å². The Hall–Kier alpha value is -2.69. The average molecular weight is 456 g/mol. The number of primary amides is 1. The molecule has 182 valence electrons. The summed E-state index contributed by atoms with van der Waals surface area (Å²) in [5, 5.41) is 14.7. The smallest absolute Gasteiger partial charge is 0.326 e. The normalized spacial score (nSPS) is 19.7. The molecule has 0 aromatic carbocycles. The molecule has 1 saturated heterocycles. The molecule has 4 amide bonds. The summed E-state index contributed by atoms with van der Waals surface area (Å²) in [6, 6.07) is -3.80. The number of nitrogens with zero attached hydrogens (tertiary/aromatic N) is 1. The highest BCUT2D eigenvalue weighted by Gasteiger charge is 2.39. The number of carboxylic acid groups (broad SMARTS) is 1. The standard InChI is InChI=1S/C21H37N5O6/c1-5-12(4)17(25-18(28)13(22)8-9-15(23)27)19(29)24-16(11(2)3)20(30)26-10-6-7-14(26)21(31)32/h11-14,16-17H,5-10,22H2,1-4H3,(H2,23,27)(H,24,29)(H,25,28)(H,31,32). The van der Waals surface area contributed by atoms with E-state index in [4.69, 9.17) is 11.5 Å². The van der Waals surface area contributed by atoms with Gasteiger partial charge in [-0.3, -0.25) is 19.2 Å². The van der Waals surface area contributed by atoms with Crippen LogP contribution in [0.1, 0.15) is 59.8 Å². The van der Waals surface area contributed by atoms with E-state index in [9.17, 15) is 29.1 Å². The van der Waals surface area contributed by atoms with Crippen LogP contribution in [0.3, 0.4) is 0 Å². The van der Waals surface area contributed by atoms with Crippen LogP contribution in [-0.2, 0) is 24.0 Å². The topological polar surface area (TPSA) is 185 Å². The number of rotatable bonds is 12. The maximum atomic E-state index is 13.1. The number of likely N-dealkylation sites (tertiary alicyclic amines) is 1. The molecule has 1 rings (SSSR count). The van der Waals surface area contributed by atoms with E-state index in [-0.39, 0.29) is 24.7 Å². The van der Waals surface area contributed by atoms with E-state index < -0.39 is 53.8 Å². The SMILES string of the molecule is CCC(C)C(NC(=O)C(N)CCC(N)=O)C(=O)NC(C(=O)N1CCCC1C(=O)O)C(C)C. The molecular weight excluding hydrogens is 418 g/mol. The Kier molecular flexibility index (Phi) is 10.6. The Labute approximate surface area is 188 Å². The minimum atomic E-state index is -1.07. The summed E-state index contributed by atoms with van der Waals surface area (Å²) in [5.41, 5.74) is 10.9. The minimum absolute atomic E-state index is 0.0503. The molecule has 11 nitrogen and oxygen atoms in total. The summed E-state index contributed by atoms with van der Waals surface area (Å²) in [5.74, 6) is -3.80. The first-order valence-corrected chi connectivity index (χ1v) is 11.1. The van der Waals surface area contributed by atoms with E-state index in [0.717, 1.165) is 0 Å². The number of hydrogen-bond acceptors (Lipinski definition) is 6. The van der Waals surface area contributed by atoms with Crippen LogP contribution in [0, 0.1) is 11.8 Å². The van der Waals surface area contributed by atoms with Gasteiger partial charge in [0.25, 0.3) is 0 Å². The molecule has 5 atom stereocenters. The Balaban J connectivity index is 2.95. The largest absolute Gasteiger partial charge is 0.480 e. The van der Waals surface area contributed by atoms with Crippen LogP contribution in [-0.4, -0.2) is 70.3 Å². The fraction of sp³-hybridized carbons (Fsp3) is 0.762. The van der Waals surface area contributed by atoms with E-state index in [1.165, 1.54) is 4.90 Å². The van der Waals surface area contributed by atoms with Gasteiger partial charge < -0.3 is 32.1 Å². The molecule has 0 spiro atoms. The lowest BCUT2D eigenvalue weighted by molar-refractivity contribution is -0.150. The molecule has 1 fully saturated rings. The van der Waals surface area contributed by atoms with Gasteiger partial charge in [-0.05, 0) is 31.1 Å². The Morgan fingerprint density at radius 2 is 1.66 bits per heavy atom. The predicted octanol–water partition coefficient (Wildman–Crippen LogP) is -0.673. The number of carbonyl (C=O) groups is 5. The second kappa shape index (κ2) is 12.4. The zero-order chi connectivity index (χ0) is 24.6. The number of nitrogens with one attached hydrogen (secondary N) is 2. The Morgan fingerprint density at radius 1 is 1.06 bits per heavy atom. The van der Waals surface area contributed by atoms with Gasteiger partial charge >= 0.3 is 5.97 Å². The number of carbonyl (C=O) groups excluding carboxylic acids is 4. The van der Waals surface area contributed by atoms with Crippen molar-refractivity contribution in [3.8, 4) is 0 Å². The van der Waals surface area contributed by atoms with Crippen LogP contribution < -0.4 is 22.1 Å². The van der Waals surface area contributed by atoms with Crippen LogP contribution in [0.25, 0.3) is 0 Å². The van der Waals surface area contributed by atoms with Crippen LogP contribution in [0.5, 0.6) is 0 Å². The van der Waals surface area contributed by atoms with Gasteiger partial charge in [-0.2, -0.15) is 0 Å². The summed E-state index contributed by atoms with van der Waals surface area (Å²) in [6.45, 7) is 7.47. The lowest BCUT2D eigenvalue weighted by atomic mass is 9.95. The fourth-order valence-electron chi connectivity index (χ4n) is 3.61. The molecule has 5 unspecified atom stereocenters. The lowest BCUT2D eigenvalue weighted by Gasteiger charge is -2.32. The average Bonchev–Trinajstić information content (AvgIpc) is 3.22. The molecule has 0 aromatic heterocycles. The molecule has 1 heterocycles. The number of carboxylic acids is 1. The van der Waals surface area contributed by atoms with Gasteiger partial charge in [0.2, 0.25) is 23.6 Å². The molecule has 0 aliphatic carbocycles. The van der Waals surface area contributed by atoms with Crippen LogP contribution >= 0.6 is 0 Å². The van der Waals surface area contributed by atoms with Crippen molar-refractivity contribution in [3.63, 3.8) is 0 Å². The van der Waals surface area contributed by atoms with Gasteiger partial charge in [0.05, 0.1) is 6.04 Å². The molecular formula is C21H37N5O6. The predicted molar refractivity (Wildman–Crippen MR) is 117 cm³/mol. The number of amides is 4. The van der Waals surface area contributed by atoms with Crippen LogP contribution in [0.4, 0.5) is 0 Å². The zero-order valence-corrected chi connectivity index (χ0v) is 19.3. The number of nitrogens with two attached hydrogens (primary N) is 2. The Morgan fingerprint density at radius 3 is 2.16 bits per heavy atom. The first-order chi connectivity index (χ1) is 14.9. The van der Waals surface area contributed by atoms with E-state index in [1.54, 1.807) is 20.8 Å². The van der Waals surface area contributed by atoms with E-state index in [1.807, 2.05) is 6.92 Å². The van der Waals surface area contributed by atoms with Crippen LogP contribution in [0.2, 0.25) is 0 Å². The fourth-order valence-corrected chi connectivity index (χ4v) is 3.61. The monoisotopic (exact) mass is 455 g/mol. The summed E-state index contributed by atoms with van der Waals surface area (Å²) in [7, 11) is 0. The number of aliphatic carboxylic acids is 1. The van der Waals surface area contributed by atoms with Crippen molar-refractivity contribution in [1.82, 2.24) is 15.5 Å². The summed E-state index contributed by atoms with van der Waals surface area (Å²) in [4.78, 5) is 62.3. The van der Waals surface area contributed by atoms with E-state index in [0.29, 0.717) is 25.8 Å². The van der Waals surface area contributed by atoms with Gasteiger partial charge in [-0.1, -0.05) is 34.1 Å². The molecule has 0 bridgehead atoms. The van der Waals surface area contributed by atoms with Crippen molar-refractivity contribution >= 4 is 29.6 Å². The minimum Gasteiger partial charge on any atom is -0.480 e. The maximum absolute atomic E-state index is 13.1. The van der Waals surface area contributed by atoms with Crippen LogP contribution in [0.15, 0.2) is 0 Å².